The normalized spacial score (nSPS) is 10.6. The number of benzene rings is 1. The van der Waals surface area contributed by atoms with Crippen molar-refractivity contribution in [2.24, 2.45) is 0 Å². The highest BCUT2D eigenvalue weighted by Crippen LogP contribution is 2.25. The number of hydrogen-bond acceptors (Lipinski definition) is 3. The van der Waals surface area contributed by atoms with Crippen LogP contribution >= 0.6 is 11.8 Å². The lowest BCUT2D eigenvalue weighted by Crippen LogP contribution is -1.89. The summed E-state index contributed by atoms with van der Waals surface area (Å²) in [4.78, 5) is 0. The van der Waals surface area contributed by atoms with Crippen LogP contribution in [0.1, 0.15) is 31.7 Å². The Morgan fingerprint density at radius 3 is 2.50 bits per heavy atom. The summed E-state index contributed by atoms with van der Waals surface area (Å²) in [5, 5.41) is 18.5. The van der Waals surface area contributed by atoms with Crippen LogP contribution in [-0.4, -0.2) is 21.7 Å². The molecule has 16 heavy (non-hydrogen) atoms. The lowest BCUT2D eigenvalue weighted by molar-refractivity contribution is 0.403. The molecule has 0 bridgehead atoms. The molecule has 90 valence electrons. The van der Waals surface area contributed by atoms with Crippen molar-refractivity contribution in [1.29, 1.82) is 0 Å². The number of aromatic hydroxyl groups is 2. The standard InChI is InChI=1S/C13H20O2S/c1-2-3-8-16-9-4-5-11-6-7-12(14)13(15)10-11/h6-7,10,14-15H,2-5,8-9H2,1H3. The predicted octanol–water partition coefficient (Wildman–Crippen LogP) is 3.56. The molecule has 0 unspecified atom stereocenters. The lowest BCUT2D eigenvalue weighted by Gasteiger charge is -2.03. The van der Waals surface area contributed by atoms with Gasteiger partial charge in [0.25, 0.3) is 0 Å². The second-order valence-electron chi connectivity index (χ2n) is 3.89. The average Bonchev–Trinajstić information content (AvgIpc) is 2.28. The first-order valence-corrected chi connectivity index (χ1v) is 6.98. The Balaban J connectivity index is 2.19. The molecule has 0 amide bonds. The van der Waals surface area contributed by atoms with Gasteiger partial charge in [0.05, 0.1) is 0 Å². The predicted molar refractivity (Wildman–Crippen MR) is 70.3 cm³/mol. The molecule has 0 spiro atoms. The number of phenolic OH excluding ortho intramolecular Hbond substituents is 2. The van der Waals surface area contributed by atoms with Crippen molar-refractivity contribution in [2.75, 3.05) is 11.5 Å². The van der Waals surface area contributed by atoms with Crippen molar-refractivity contribution in [3.63, 3.8) is 0 Å². The summed E-state index contributed by atoms with van der Waals surface area (Å²) in [7, 11) is 0. The van der Waals surface area contributed by atoms with E-state index in [1.807, 2.05) is 17.8 Å². The molecule has 0 fully saturated rings. The molecule has 1 aromatic carbocycles. The van der Waals surface area contributed by atoms with Crippen molar-refractivity contribution >= 4 is 11.8 Å². The molecule has 0 saturated carbocycles. The smallest absolute Gasteiger partial charge is 0.157 e. The number of unbranched alkanes of at least 4 members (excludes halogenated alkanes) is 1. The van der Waals surface area contributed by atoms with E-state index in [2.05, 4.69) is 6.92 Å². The van der Waals surface area contributed by atoms with Crippen molar-refractivity contribution in [3.8, 4) is 11.5 Å². The quantitative estimate of drug-likeness (QED) is 0.565. The third-order valence-electron chi connectivity index (χ3n) is 2.44. The van der Waals surface area contributed by atoms with Crippen LogP contribution in [0.25, 0.3) is 0 Å². The Kier molecular flexibility index (Phi) is 6.16. The molecule has 1 aromatic rings. The second kappa shape index (κ2) is 7.44. The van der Waals surface area contributed by atoms with Gasteiger partial charge in [-0.1, -0.05) is 19.4 Å². The van der Waals surface area contributed by atoms with Gasteiger partial charge in [0.1, 0.15) is 0 Å². The van der Waals surface area contributed by atoms with Crippen molar-refractivity contribution in [1.82, 2.24) is 0 Å². The van der Waals surface area contributed by atoms with Gasteiger partial charge in [-0.05, 0) is 48.5 Å². The SMILES string of the molecule is CCCCSCCCc1ccc(O)c(O)c1. The highest BCUT2D eigenvalue weighted by molar-refractivity contribution is 7.99. The highest BCUT2D eigenvalue weighted by atomic mass is 32.2. The molecule has 0 aliphatic rings. The van der Waals surface area contributed by atoms with Crippen molar-refractivity contribution < 1.29 is 10.2 Å². The van der Waals surface area contributed by atoms with Gasteiger partial charge in [-0.15, -0.1) is 0 Å². The minimum atomic E-state index is -0.0407. The van der Waals surface area contributed by atoms with E-state index < -0.39 is 0 Å². The van der Waals surface area contributed by atoms with Crippen LogP contribution in [0.15, 0.2) is 18.2 Å². The second-order valence-corrected chi connectivity index (χ2v) is 5.12. The van der Waals surface area contributed by atoms with Crippen molar-refractivity contribution in [3.05, 3.63) is 23.8 Å². The first-order valence-electron chi connectivity index (χ1n) is 5.82. The Morgan fingerprint density at radius 1 is 1.06 bits per heavy atom. The van der Waals surface area contributed by atoms with E-state index in [0.717, 1.165) is 18.4 Å². The zero-order chi connectivity index (χ0) is 11.8. The summed E-state index contributed by atoms with van der Waals surface area (Å²) < 4.78 is 0. The van der Waals surface area contributed by atoms with Crippen LogP contribution < -0.4 is 0 Å². The topological polar surface area (TPSA) is 40.5 Å². The van der Waals surface area contributed by atoms with E-state index in [-0.39, 0.29) is 11.5 Å². The highest BCUT2D eigenvalue weighted by Gasteiger charge is 2.00. The van der Waals surface area contributed by atoms with Crippen LogP contribution in [0.5, 0.6) is 11.5 Å². The minimum Gasteiger partial charge on any atom is -0.504 e. The van der Waals surface area contributed by atoms with Gasteiger partial charge in [-0.3, -0.25) is 0 Å². The molecule has 1 rings (SSSR count). The fraction of sp³-hybridized carbons (Fsp3) is 0.538. The van der Waals surface area contributed by atoms with Gasteiger partial charge in [0.15, 0.2) is 11.5 Å². The average molecular weight is 240 g/mol. The maximum absolute atomic E-state index is 9.32. The molecule has 2 N–H and O–H groups in total. The van der Waals surface area contributed by atoms with Gasteiger partial charge >= 0.3 is 0 Å². The first-order chi connectivity index (χ1) is 7.74. The van der Waals surface area contributed by atoms with Crippen LogP contribution in [0.3, 0.4) is 0 Å². The Hall–Kier alpha value is -0.830. The van der Waals surface area contributed by atoms with E-state index in [4.69, 9.17) is 5.11 Å². The van der Waals surface area contributed by atoms with E-state index in [1.165, 1.54) is 24.3 Å². The molecule has 0 aromatic heterocycles. The van der Waals surface area contributed by atoms with E-state index in [9.17, 15) is 5.11 Å². The summed E-state index contributed by atoms with van der Waals surface area (Å²) in [5.74, 6) is 2.36. The number of aryl methyl sites for hydroxylation is 1. The van der Waals surface area contributed by atoms with Crippen molar-refractivity contribution in [2.45, 2.75) is 32.6 Å². The van der Waals surface area contributed by atoms with E-state index >= 15 is 0 Å². The minimum absolute atomic E-state index is 0.0175. The van der Waals surface area contributed by atoms with Gasteiger partial charge in [-0.25, -0.2) is 0 Å². The third kappa shape index (κ3) is 4.79. The fourth-order valence-electron chi connectivity index (χ4n) is 1.45. The molecule has 0 atom stereocenters. The summed E-state index contributed by atoms with van der Waals surface area (Å²) in [6.07, 6.45) is 4.65. The van der Waals surface area contributed by atoms with Gasteiger partial charge < -0.3 is 10.2 Å². The lowest BCUT2D eigenvalue weighted by atomic mass is 10.1. The largest absolute Gasteiger partial charge is 0.504 e. The number of rotatable bonds is 7. The van der Waals surface area contributed by atoms with Gasteiger partial charge in [-0.2, -0.15) is 11.8 Å². The molecule has 0 saturated heterocycles. The maximum atomic E-state index is 9.32. The zero-order valence-electron chi connectivity index (χ0n) is 9.78. The molecule has 0 radical (unpaired) electrons. The van der Waals surface area contributed by atoms with Crippen LogP contribution in [-0.2, 0) is 6.42 Å². The molecule has 3 heteroatoms. The molecule has 0 aliphatic heterocycles. The monoisotopic (exact) mass is 240 g/mol. The van der Waals surface area contributed by atoms with Gasteiger partial charge in [0, 0.05) is 0 Å². The van der Waals surface area contributed by atoms with Crippen LogP contribution in [0.4, 0.5) is 0 Å². The molecular weight excluding hydrogens is 220 g/mol. The molecular formula is C13H20O2S. The zero-order valence-corrected chi connectivity index (χ0v) is 10.6. The van der Waals surface area contributed by atoms with Crippen LogP contribution in [0.2, 0.25) is 0 Å². The summed E-state index contributed by atoms with van der Waals surface area (Å²) in [6, 6.07) is 5.06. The molecule has 2 nitrogen and oxygen atoms in total. The number of hydrogen-bond donors (Lipinski definition) is 2. The fourth-order valence-corrected chi connectivity index (χ4v) is 2.50. The first kappa shape index (κ1) is 13.2. The summed E-state index contributed by atoms with van der Waals surface area (Å²) in [6.45, 7) is 2.21. The Morgan fingerprint density at radius 2 is 1.81 bits per heavy atom. The Bertz CT molecular complexity index is 313. The van der Waals surface area contributed by atoms with Crippen LogP contribution in [0, 0.1) is 0 Å². The van der Waals surface area contributed by atoms with E-state index in [0.29, 0.717) is 0 Å². The molecule has 0 aliphatic carbocycles. The Labute approximate surface area is 102 Å². The number of phenols is 2. The molecule has 0 heterocycles. The van der Waals surface area contributed by atoms with Gasteiger partial charge in [0.2, 0.25) is 0 Å². The summed E-state index contributed by atoms with van der Waals surface area (Å²) in [5.41, 5.74) is 1.09. The number of thioether (sulfide) groups is 1. The third-order valence-corrected chi connectivity index (χ3v) is 3.59. The summed E-state index contributed by atoms with van der Waals surface area (Å²) >= 11 is 1.99. The van der Waals surface area contributed by atoms with E-state index in [1.54, 1.807) is 12.1 Å². The maximum Gasteiger partial charge on any atom is 0.157 e.